The first kappa shape index (κ1) is 39.0. The van der Waals surface area contributed by atoms with Crippen molar-refractivity contribution in [2.45, 2.75) is 119 Å². The van der Waals surface area contributed by atoms with E-state index in [1.807, 2.05) is 61.5 Å². The Bertz CT molecular complexity index is 2070. The summed E-state index contributed by atoms with van der Waals surface area (Å²) in [5.74, 6) is -2.82. The summed E-state index contributed by atoms with van der Waals surface area (Å²) in [5.41, 5.74) is -4.43. The third-order valence-electron chi connectivity index (χ3n) is 15.4. The zero-order valence-electron chi connectivity index (χ0n) is 32.1. The molecule has 2 heterocycles. The maximum atomic E-state index is 14.0. The topological polar surface area (TPSA) is 213 Å². The second-order valence-corrected chi connectivity index (χ2v) is 17.9. The van der Waals surface area contributed by atoms with Gasteiger partial charge in [-0.05, 0) is 84.0 Å². The molecule has 0 radical (unpaired) electrons. The molecule has 0 unspecified atom stereocenters. The van der Waals surface area contributed by atoms with Gasteiger partial charge in [-0.25, -0.2) is 9.59 Å². The zero-order valence-corrected chi connectivity index (χ0v) is 32.1. The number of carbonyl (C=O) groups excluding carboxylic acids is 2. The fraction of sp³-hybridized carbons (Fsp3) is 0.591. The number of hydrogen-bond donors (Lipinski definition) is 7. The highest BCUT2D eigenvalue weighted by Crippen LogP contribution is 2.70. The Labute approximate surface area is 329 Å². The third kappa shape index (κ3) is 5.61. The molecule has 15 atom stereocenters. The van der Waals surface area contributed by atoms with E-state index in [9.17, 15) is 45.3 Å². The van der Waals surface area contributed by atoms with Crippen LogP contribution in [0.5, 0.6) is 0 Å². The van der Waals surface area contributed by atoms with Crippen LogP contribution in [0.3, 0.4) is 0 Å². The summed E-state index contributed by atoms with van der Waals surface area (Å²) < 4.78 is 23.4. The minimum absolute atomic E-state index is 0.0775. The second-order valence-electron chi connectivity index (χ2n) is 17.9. The lowest BCUT2D eigenvalue weighted by atomic mass is 9.40. The molecule has 0 amide bonds. The van der Waals surface area contributed by atoms with Crippen molar-refractivity contribution in [3.8, 4) is 0 Å². The highest BCUT2D eigenvalue weighted by molar-refractivity contribution is 6.16. The van der Waals surface area contributed by atoms with E-state index in [2.05, 4.69) is 0 Å². The first-order valence-electron chi connectivity index (χ1n) is 20.2. The number of benzene rings is 3. The second kappa shape index (κ2) is 13.8. The van der Waals surface area contributed by atoms with E-state index >= 15 is 0 Å². The molecule has 6 aliphatic rings. The lowest BCUT2D eigenvalue weighted by Gasteiger charge is -2.68. The van der Waals surface area contributed by atoms with Crippen LogP contribution in [0.1, 0.15) is 69.2 Å². The maximum absolute atomic E-state index is 14.0. The molecule has 13 heteroatoms. The Morgan fingerprint density at radius 2 is 1.61 bits per heavy atom. The molecule has 13 nitrogen and oxygen atoms in total. The normalized spacial score (nSPS) is 44.2. The number of cyclic esters (lactones) is 1. The van der Waals surface area contributed by atoms with Crippen molar-refractivity contribution in [1.82, 2.24) is 0 Å². The zero-order chi connectivity index (χ0) is 40.2. The van der Waals surface area contributed by atoms with Crippen LogP contribution in [0.4, 0.5) is 0 Å². The molecule has 3 aromatic rings. The summed E-state index contributed by atoms with van der Waals surface area (Å²) >= 11 is 0. The number of hydrogen-bond acceptors (Lipinski definition) is 13. The molecule has 4 aliphatic carbocycles. The minimum atomic E-state index is -1.76. The van der Waals surface area contributed by atoms with Gasteiger partial charge in [0.15, 0.2) is 12.4 Å². The van der Waals surface area contributed by atoms with Gasteiger partial charge in [-0.2, -0.15) is 0 Å². The van der Waals surface area contributed by atoms with Crippen molar-refractivity contribution in [2.75, 3.05) is 13.2 Å². The predicted molar refractivity (Wildman–Crippen MR) is 203 cm³/mol. The van der Waals surface area contributed by atoms with Gasteiger partial charge in [-0.15, -0.1) is 0 Å². The van der Waals surface area contributed by atoms with E-state index in [0.29, 0.717) is 30.0 Å². The summed E-state index contributed by atoms with van der Waals surface area (Å²) in [6.45, 7) is 2.98. The van der Waals surface area contributed by atoms with Crippen molar-refractivity contribution in [3.05, 3.63) is 71.8 Å². The first-order valence-corrected chi connectivity index (χ1v) is 20.2. The van der Waals surface area contributed by atoms with Crippen LogP contribution in [0.15, 0.2) is 66.2 Å². The molecule has 306 valence electrons. The molecular formula is C44H52O13. The molecule has 0 spiro atoms. The Balaban J connectivity index is 0.956. The third-order valence-corrected chi connectivity index (χ3v) is 15.4. The number of carbonyl (C=O) groups is 2. The Morgan fingerprint density at radius 3 is 2.26 bits per heavy atom. The number of ether oxygens (including phenoxy) is 4. The van der Waals surface area contributed by atoms with Gasteiger partial charge in [0.1, 0.15) is 18.8 Å². The van der Waals surface area contributed by atoms with E-state index in [1.165, 1.54) is 6.08 Å². The standard InChI is InChI=1S/C44H52O13/c1-22-36(49)38(57-39(51)34-27-9-5-3-7-23(27)15-24-8-4-6-10-28(24)34)37(50)40(55-22)56-26-17-32(47)43(21-45)35-30(11-13-42(43,52)18-26)44(53)14-12-29(25-16-33(48)54-20-25)41(44,2)19-31(35)46/h3-10,15-16,22,26,29-32,35-38,40,45-47,49-50,52-53H,11-14,17-21H2,1-2H3/t22-,26-,29+,30+,31+,32+,35+,36-,37+,38+,40-,41+,42-,43+,44-/m0/s1. The molecular weight excluding hydrogens is 736 g/mol. The average molecular weight is 789 g/mol. The van der Waals surface area contributed by atoms with Crippen molar-refractivity contribution < 1.29 is 64.3 Å². The summed E-state index contributed by atoms with van der Waals surface area (Å²) in [5, 5.41) is 86.3. The molecule has 4 saturated carbocycles. The molecule has 0 aromatic heterocycles. The van der Waals surface area contributed by atoms with Crippen molar-refractivity contribution in [2.24, 2.45) is 28.6 Å². The molecule has 2 aliphatic heterocycles. The Kier molecular flexibility index (Phi) is 9.43. The summed E-state index contributed by atoms with van der Waals surface area (Å²) in [4.78, 5) is 26.0. The molecule has 57 heavy (non-hydrogen) atoms. The molecule has 7 N–H and O–H groups in total. The predicted octanol–water partition coefficient (Wildman–Crippen LogP) is 2.66. The number of fused-ring (bicyclic) bond motifs is 7. The summed E-state index contributed by atoms with van der Waals surface area (Å²) in [6, 6.07) is 16.7. The van der Waals surface area contributed by atoms with E-state index in [0.717, 1.165) is 16.3 Å². The van der Waals surface area contributed by atoms with Gasteiger partial charge in [0, 0.05) is 30.3 Å². The van der Waals surface area contributed by atoms with Gasteiger partial charge < -0.3 is 54.7 Å². The van der Waals surface area contributed by atoms with Crippen LogP contribution in [-0.4, -0.2) is 121 Å². The quantitative estimate of drug-likeness (QED) is 0.109. The summed E-state index contributed by atoms with van der Waals surface area (Å²) in [7, 11) is 0. The van der Waals surface area contributed by atoms with Crippen LogP contribution >= 0.6 is 0 Å². The number of aliphatic hydroxyl groups excluding tert-OH is 5. The smallest absolute Gasteiger partial charge is 0.339 e. The molecule has 1 saturated heterocycles. The van der Waals surface area contributed by atoms with Crippen molar-refractivity contribution >= 4 is 33.5 Å². The SMILES string of the molecule is C[C@@H]1O[C@@H](O[C@H]2C[C@@H](O)[C@]3(CO)[C@H]4[C@H](O)C[C@]5(C)[C@@H](C6=CC(=O)OC6)CC[C@]5(O)[C@@H]4CC[C@]3(O)C2)[C@H](O)[C@H](OC(=O)c2c3ccccc3cc3ccccc23)[C@H]1O. The largest absolute Gasteiger partial charge is 0.458 e. The van der Waals surface area contributed by atoms with Gasteiger partial charge >= 0.3 is 11.9 Å². The highest BCUT2D eigenvalue weighted by atomic mass is 16.7. The molecule has 9 rings (SSSR count). The van der Waals surface area contributed by atoms with Crippen molar-refractivity contribution in [1.29, 1.82) is 0 Å². The lowest BCUT2D eigenvalue weighted by Crippen LogP contribution is -2.76. The van der Waals surface area contributed by atoms with Crippen LogP contribution in [0.25, 0.3) is 21.5 Å². The van der Waals surface area contributed by atoms with Crippen LogP contribution in [0, 0.1) is 28.6 Å². The van der Waals surface area contributed by atoms with Crippen molar-refractivity contribution in [3.63, 3.8) is 0 Å². The van der Waals surface area contributed by atoms with Gasteiger partial charge in [0.2, 0.25) is 0 Å². The number of aliphatic hydroxyl groups is 7. The summed E-state index contributed by atoms with van der Waals surface area (Å²) in [6.07, 6.45) is -7.61. The fourth-order valence-electron chi connectivity index (χ4n) is 12.6. The van der Waals surface area contributed by atoms with E-state index in [1.54, 1.807) is 6.92 Å². The first-order chi connectivity index (χ1) is 27.2. The number of rotatable bonds is 6. The lowest BCUT2D eigenvalue weighted by molar-refractivity contribution is -0.342. The molecule has 0 bridgehead atoms. The van der Waals surface area contributed by atoms with Crippen LogP contribution in [0.2, 0.25) is 0 Å². The molecule has 5 fully saturated rings. The fourth-order valence-corrected chi connectivity index (χ4v) is 12.6. The number of esters is 2. The minimum Gasteiger partial charge on any atom is -0.458 e. The van der Waals surface area contributed by atoms with Gasteiger partial charge in [0.25, 0.3) is 0 Å². The van der Waals surface area contributed by atoms with Gasteiger partial charge in [-0.3, -0.25) is 0 Å². The highest BCUT2D eigenvalue weighted by Gasteiger charge is 2.75. The maximum Gasteiger partial charge on any atom is 0.339 e. The van der Waals surface area contributed by atoms with Gasteiger partial charge in [-0.1, -0.05) is 55.5 Å². The Morgan fingerprint density at radius 1 is 0.930 bits per heavy atom. The van der Waals surface area contributed by atoms with E-state index in [4.69, 9.17) is 18.9 Å². The average Bonchev–Trinajstić information content (AvgIpc) is 3.72. The van der Waals surface area contributed by atoms with Gasteiger partial charge in [0.05, 0.1) is 53.2 Å². The van der Waals surface area contributed by atoms with E-state index in [-0.39, 0.29) is 43.8 Å². The Hall–Kier alpha value is -3.50. The van der Waals surface area contributed by atoms with Crippen LogP contribution in [-0.2, 0) is 23.7 Å². The molecule has 3 aromatic carbocycles. The monoisotopic (exact) mass is 788 g/mol. The van der Waals surface area contributed by atoms with E-state index < -0.39 is 101 Å². The van der Waals surface area contributed by atoms with Crippen LogP contribution < -0.4 is 0 Å².